The molecule has 1 aromatic heterocycles. The Bertz CT molecular complexity index is 983. The van der Waals surface area contributed by atoms with Crippen LogP contribution in [0.25, 0.3) is 22.0 Å². The van der Waals surface area contributed by atoms with Crippen molar-refractivity contribution in [1.29, 1.82) is 0 Å². The average molecular weight is 376 g/mol. The Labute approximate surface area is 164 Å². The lowest BCUT2D eigenvalue weighted by Crippen LogP contribution is -2.45. The van der Waals surface area contributed by atoms with Crippen LogP contribution in [0, 0.1) is 5.92 Å². The Morgan fingerprint density at radius 2 is 1.89 bits per heavy atom. The van der Waals surface area contributed by atoms with Crippen LogP contribution in [-0.4, -0.2) is 42.2 Å². The average Bonchev–Trinajstić information content (AvgIpc) is 2.78. The van der Waals surface area contributed by atoms with Crippen molar-refractivity contribution in [1.82, 2.24) is 9.97 Å². The van der Waals surface area contributed by atoms with Crippen LogP contribution >= 0.6 is 0 Å². The topological polar surface area (TPSA) is 81.3 Å². The summed E-state index contributed by atoms with van der Waals surface area (Å²) in [5.74, 6) is 0.510. The van der Waals surface area contributed by atoms with E-state index in [1.54, 1.807) is 6.20 Å². The number of anilines is 1. The Morgan fingerprint density at radius 1 is 1.14 bits per heavy atom. The number of rotatable bonds is 4. The molecule has 4 rings (SSSR count). The van der Waals surface area contributed by atoms with Gasteiger partial charge in [0.15, 0.2) is 0 Å². The second-order valence-corrected chi connectivity index (χ2v) is 7.18. The second-order valence-electron chi connectivity index (χ2n) is 7.18. The summed E-state index contributed by atoms with van der Waals surface area (Å²) in [6, 6.07) is 16.0. The van der Waals surface area contributed by atoms with Crippen molar-refractivity contribution in [2.24, 2.45) is 11.7 Å². The first-order valence-corrected chi connectivity index (χ1v) is 9.56. The lowest BCUT2D eigenvalue weighted by Gasteiger charge is -2.33. The van der Waals surface area contributed by atoms with Gasteiger partial charge in [0.05, 0.1) is 12.8 Å². The zero-order valence-corrected chi connectivity index (χ0v) is 15.9. The van der Waals surface area contributed by atoms with Crippen LogP contribution in [0.3, 0.4) is 0 Å². The summed E-state index contributed by atoms with van der Waals surface area (Å²) >= 11 is 0. The molecule has 1 aliphatic heterocycles. The molecule has 2 heterocycles. The fourth-order valence-corrected chi connectivity index (χ4v) is 3.80. The van der Waals surface area contributed by atoms with Gasteiger partial charge in [0.2, 0.25) is 5.95 Å². The van der Waals surface area contributed by atoms with Crippen molar-refractivity contribution >= 4 is 22.7 Å². The number of fused-ring (bicyclic) bond motifs is 1. The maximum Gasteiger partial charge on any atom is 0.322 e. The summed E-state index contributed by atoms with van der Waals surface area (Å²) in [5.41, 5.74) is 7.99. The maximum absolute atomic E-state index is 11.7. The molecule has 0 aliphatic carbocycles. The highest BCUT2D eigenvalue weighted by atomic mass is 16.5. The molecule has 0 unspecified atom stereocenters. The number of hydrogen-bond acceptors (Lipinski definition) is 6. The monoisotopic (exact) mass is 376 g/mol. The number of methoxy groups -OCH3 is 1. The summed E-state index contributed by atoms with van der Waals surface area (Å²) < 4.78 is 4.77. The van der Waals surface area contributed by atoms with Crippen LogP contribution in [0.4, 0.5) is 5.95 Å². The number of piperidine rings is 1. The number of carbonyl (C=O) groups is 1. The minimum Gasteiger partial charge on any atom is -0.468 e. The van der Waals surface area contributed by atoms with E-state index in [1.165, 1.54) is 17.9 Å². The van der Waals surface area contributed by atoms with Gasteiger partial charge in [-0.15, -0.1) is 0 Å². The first kappa shape index (κ1) is 18.4. The van der Waals surface area contributed by atoms with Crippen molar-refractivity contribution in [3.8, 4) is 11.3 Å². The van der Waals surface area contributed by atoms with Crippen LogP contribution in [0.15, 0.2) is 54.7 Å². The number of hydrogen-bond donors (Lipinski definition) is 1. The third-order valence-electron chi connectivity index (χ3n) is 5.49. The Kier molecular flexibility index (Phi) is 5.21. The molecule has 0 saturated carbocycles. The molecule has 6 nitrogen and oxygen atoms in total. The largest absolute Gasteiger partial charge is 0.468 e. The fraction of sp³-hybridized carbons (Fsp3) is 0.318. The molecule has 2 N–H and O–H groups in total. The highest BCUT2D eigenvalue weighted by Gasteiger charge is 2.30. The summed E-state index contributed by atoms with van der Waals surface area (Å²) in [7, 11) is 1.38. The fourth-order valence-electron chi connectivity index (χ4n) is 3.80. The van der Waals surface area contributed by atoms with E-state index in [0.717, 1.165) is 43.1 Å². The number of nitrogens with zero attached hydrogens (tertiary/aromatic N) is 3. The molecule has 1 aliphatic rings. The SMILES string of the molecule is COC(=O)[C@@H](N)C1CCN(c2nccc(-c3ccc4ccccc4c3)n2)CC1. The number of ether oxygens (including phenoxy) is 1. The van der Waals surface area contributed by atoms with E-state index < -0.39 is 6.04 Å². The zero-order valence-electron chi connectivity index (χ0n) is 15.9. The smallest absolute Gasteiger partial charge is 0.322 e. The minimum atomic E-state index is -0.558. The molecule has 6 heteroatoms. The maximum atomic E-state index is 11.7. The van der Waals surface area contributed by atoms with Crippen molar-refractivity contribution in [3.63, 3.8) is 0 Å². The molecular formula is C22H24N4O2. The Hall–Kier alpha value is -2.99. The van der Waals surface area contributed by atoms with Gasteiger partial charge in [0, 0.05) is 24.8 Å². The summed E-state index contributed by atoms with van der Waals surface area (Å²) in [6.45, 7) is 1.55. The Morgan fingerprint density at radius 3 is 2.64 bits per heavy atom. The standard InChI is InChI=1S/C22H24N4O2/c1-28-21(27)20(23)16-9-12-26(13-10-16)22-24-11-8-19(25-22)18-7-6-15-4-2-3-5-17(15)14-18/h2-8,11,14,16,20H,9-10,12-13,23H2,1H3/t20-/m0/s1. The molecule has 28 heavy (non-hydrogen) atoms. The summed E-state index contributed by atoms with van der Waals surface area (Å²) in [5, 5.41) is 2.40. The van der Waals surface area contributed by atoms with Gasteiger partial charge in [-0.3, -0.25) is 4.79 Å². The second kappa shape index (κ2) is 7.94. The van der Waals surface area contributed by atoms with Crippen molar-refractivity contribution in [2.75, 3.05) is 25.1 Å². The molecule has 0 amide bonds. The van der Waals surface area contributed by atoms with Gasteiger partial charge in [-0.1, -0.05) is 36.4 Å². The van der Waals surface area contributed by atoms with Crippen molar-refractivity contribution < 1.29 is 9.53 Å². The van der Waals surface area contributed by atoms with Gasteiger partial charge in [-0.05, 0) is 41.7 Å². The number of esters is 1. The van der Waals surface area contributed by atoms with E-state index in [0.29, 0.717) is 0 Å². The molecule has 144 valence electrons. The van der Waals surface area contributed by atoms with E-state index in [9.17, 15) is 4.79 Å². The van der Waals surface area contributed by atoms with Crippen molar-refractivity contribution in [2.45, 2.75) is 18.9 Å². The Balaban J connectivity index is 1.50. The molecule has 1 saturated heterocycles. The summed E-state index contributed by atoms with van der Waals surface area (Å²) in [4.78, 5) is 23.1. The quantitative estimate of drug-likeness (QED) is 0.705. The van der Waals surface area contributed by atoms with Crippen molar-refractivity contribution in [3.05, 3.63) is 54.7 Å². The molecule has 1 atom stereocenters. The van der Waals surface area contributed by atoms with Crippen LogP contribution < -0.4 is 10.6 Å². The number of benzene rings is 2. The molecular weight excluding hydrogens is 352 g/mol. The van der Waals surface area contributed by atoms with E-state index in [-0.39, 0.29) is 11.9 Å². The normalized spacial score (nSPS) is 16.1. The van der Waals surface area contributed by atoms with Crippen LogP contribution in [0.5, 0.6) is 0 Å². The van der Waals surface area contributed by atoms with Gasteiger partial charge in [-0.2, -0.15) is 0 Å². The van der Waals surface area contributed by atoms with Crippen LogP contribution in [0.2, 0.25) is 0 Å². The molecule has 0 spiro atoms. The third-order valence-corrected chi connectivity index (χ3v) is 5.49. The van der Waals surface area contributed by atoms with Gasteiger partial charge < -0.3 is 15.4 Å². The first-order chi connectivity index (χ1) is 13.7. The minimum absolute atomic E-state index is 0.132. The van der Waals surface area contributed by atoms with Gasteiger partial charge in [-0.25, -0.2) is 9.97 Å². The predicted octanol–water partition coefficient (Wildman–Crippen LogP) is 3.01. The third kappa shape index (κ3) is 3.68. The van der Waals surface area contributed by atoms with Gasteiger partial charge >= 0.3 is 5.97 Å². The van der Waals surface area contributed by atoms with Gasteiger partial charge in [0.25, 0.3) is 0 Å². The lowest BCUT2D eigenvalue weighted by atomic mass is 9.90. The predicted molar refractivity (Wildman–Crippen MR) is 110 cm³/mol. The first-order valence-electron chi connectivity index (χ1n) is 9.56. The van der Waals surface area contributed by atoms with Crippen LogP contribution in [0.1, 0.15) is 12.8 Å². The van der Waals surface area contributed by atoms with E-state index in [1.807, 2.05) is 18.2 Å². The zero-order chi connectivity index (χ0) is 19.5. The summed E-state index contributed by atoms with van der Waals surface area (Å²) in [6.07, 6.45) is 3.44. The molecule has 1 fully saturated rings. The highest BCUT2D eigenvalue weighted by molar-refractivity contribution is 5.86. The number of carbonyl (C=O) groups excluding carboxylic acids is 1. The molecule has 0 radical (unpaired) electrons. The molecule has 3 aromatic rings. The number of nitrogens with two attached hydrogens (primary N) is 1. The molecule has 0 bridgehead atoms. The van der Waals surface area contributed by atoms with E-state index in [2.05, 4.69) is 40.2 Å². The highest BCUT2D eigenvalue weighted by Crippen LogP contribution is 2.26. The lowest BCUT2D eigenvalue weighted by molar-refractivity contribution is -0.143. The van der Waals surface area contributed by atoms with Gasteiger partial charge in [0.1, 0.15) is 6.04 Å². The van der Waals surface area contributed by atoms with E-state index >= 15 is 0 Å². The van der Waals surface area contributed by atoms with E-state index in [4.69, 9.17) is 15.5 Å². The molecule has 2 aromatic carbocycles. The number of aromatic nitrogens is 2. The van der Waals surface area contributed by atoms with Crippen LogP contribution in [-0.2, 0) is 9.53 Å².